The summed E-state index contributed by atoms with van der Waals surface area (Å²) in [5.41, 5.74) is -3.76. The maximum absolute atomic E-state index is 14.3. The van der Waals surface area contributed by atoms with Crippen LogP contribution in [0, 0.1) is 11.8 Å². The largest absolute Gasteiger partial charge is 0.523 e. The van der Waals surface area contributed by atoms with E-state index in [0.717, 1.165) is 0 Å². The van der Waals surface area contributed by atoms with E-state index >= 15 is 0 Å². The van der Waals surface area contributed by atoms with Crippen molar-refractivity contribution in [2.24, 2.45) is 17.0 Å². The van der Waals surface area contributed by atoms with Crippen molar-refractivity contribution in [1.82, 2.24) is 0 Å². The topological polar surface area (TPSA) is 167 Å². The fourth-order valence-electron chi connectivity index (χ4n) is 3.10. The van der Waals surface area contributed by atoms with E-state index in [1.165, 1.54) is 0 Å². The minimum Gasteiger partial charge on any atom is -0.481 e. The van der Waals surface area contributed by atoms with Gasteiger partial charge in [0.25, 0.3) is 0 Å². The molecule has 2 saturated carbocycles. The summed E-state index contributed by atoms with van der Waals surface area (Å²) in [4.78, 5) is 24.4. The van der Waals surface area contributed by atoms with Crippen LogP contribution in [0.25, 0.3) is 10.4 Å². The Kier molecular flexibility index (Phi) is 3.75. The summed E-state index contributed by atoms with van der Waals surface area (Å²) in [5, 5.41) is 20.7. The van der Waals surface area contributed by atoms with Gasteiger partial charge in [0, 0.05) is 16.7 Å². The molecule has 134 valence electrons. The zero-order chi connectivity index (χ0) is 18.7. The molecule has 0 radical (unpaired) electrons. The van der Waals surface area contributed by atoms with Crippen LogP contribution in [0.1, 0.15) is 6.42 Å². The number of rotatable bonds is 5. The highest BCUT2D eigenvalue weighted by molar-refractivity contribution is 7.87. The van der Waals surface area contributed by atoms with E-state index in [0.29, 0.717) is 0 Å². The summed E-state index contributed by atoms with van der Waals surface area (Å²) >= 11 is 0. The number of carboxylic acids is 2. The lowest BCUT2D eigenvalue weighted by Gasteiger charge is -2.30. The zero-order valence-electron chi connectivity index (χ0n) is 11.1. The monoisotopic (exact) mass is 377 g/mol. The van der Waals surface area contributed by atoms with Gasteiger partial charge in [-0.05, 0) is 12.0 Å². The van der Waals surface area contributed by atoms with Crippen LogP contribution in [0.2, 0.25) is 0 Å². The first-order chi connectivity index (χ1) is 10.8. The lowest BCUT2D eigenvalue weighted by atomic mass is 9.88. The fraction of sp³-hybridized carbons (Fsp3) is 0.778. The molecular weight excluding hydrogens is 370 g/mol. The molecular formula is C9H7F4N3O7S. The van der Waals surface area contributed by atoms with Crippen LogP contribution in [0.15, 0.2) is 5.11 Å². The molecule has 0 amide bonds. The van der Waals surface area contributed by atoms with E-state index < -0.39 is 63.1 Å². The average Bonchev–Trinajstić information content (AvgIpc) is 2.85. The maximum Gasteiger partial charge on any atom is 0.523 e. The van der Waals surface area contributed by atoms with Gasteiger partial charge in [0.1, 0.15) is 6.10 Å². The van der Waals surface area contributed by atoms with Crippen LogP contribution in [0.4, 0.5) is 17.6 Å². The number of carbonyl (C=O) groups is 2. The number of hydrogen-bond donors (Lipinski definition) is 2. The first-order valence-corrected chi connectivity index (χ1v) is 7.39. The van der Waals surface area contributed by atoms with Gasteiger partial charge in [0.2, 0.25) is 5.67 Å². The van der Waals surface area contributed by atoms with Crippen molar-refractivity contribution in [2.75, 3.05) is 0 Å². The summed E-state index contributed by atoms with van der Waals surface area (Å²) in [6, 6.07) is 0. The van der Waals surface area contributed by atoms with Crippen molar-refractivity contribution in [3.63, 3.8) is 0 Å². The van der Waals surface area contributed by atoms with Crippen molar-refractivity contribution < 1.29 is 50.0 Å². The number of halogens is 4. The standard InChI is InChI=1S/C9H7F4N3O7S/c10-7(5(17)18)2-1-3(23-24(21,22)9(11,12)13)8(4(2)7,6(19)20)15-16-14/h2-4H,1H2,(H,17,18)(H,19,20)/t2-,3+,4+,7-,8+/m1/s1. The smallest absolute Gasteiger partial charge is 0.481 e. The molecule has 5 atom stereocenters. The van der Waals surface area contributed by atoms with Gasteiger partial charge in [-0.2, -0.15) is 21.6 Å². The van der Waals surface area contributed by atoms with Crippen molar-refractivity contribution in [3.8, 4) is 0 Å². The summed E-state index contributed by atoms with van der Waals surface area (Å²) in [5.74, 6) is -8.04. The van der Waals surface area contributed by atoms with E-state index in [2.05, 4.69) is 14.2 Å². The zero-order valence-corrected chi connectivity index (χ0v) is 12.0. The molecule has 10 nitrogen and oxygen atoms in total. The molecule has 0 heterocycles. The second-order valence-electron chi connectivity index (χ2n) is 5.20. The van der Waals surface area contributed by atoms with Crippen molar-refractivity contribution in [2.45, 2.75) is 29.2 Å². The maximum atomic E-state index is 14.3. The second-order valence-corrected chi connectivity index (χ2v) is 6.76. The average molecular weight is 377 g/mol. The molecule has 0 bridgehead atoms. The van der Waals surface area contributed by atoms with E-state index in [-0.39, 0.29) is 0 Å². The Bertz CT molecular complexity index is 760. The first-order valence-electron chi connectivity index (χ1n) is 5.98. The number of azide groups is 1. The number of alkyl halides is 4. The van der Waals surface area contributed by atoms with Crippen molar-refractivity contribution in [1.29, 1.82) is 0 Å². The van der Waals surface area contributed by atoms with Gasteiger partial charge in [-0.1, -0.05) is 5.11 Å². The normalized spacial score (nSPS) is 38.1. The van der Waals surface area contributed by atoms with E-state index in [1.807, 2.05) is 0 Å². The Morgan fingerprint density at radius 1 is 1.29 bits per heavy atom. The predicted molar refractivity (Wildman–Crippen MR) is 62.4 cm³/mol. The minimum atomic E-state index is -6.28. The third kappa shape index (κ3) is 2.12. The van der Waals surface area contributed by atoms with Gasteiger partial charge in [0.15, 0.2) is 5.54 Å². The molecule has 0 aromatic heterocycles. The summed E-state index contributed by atoms with van der Waals surface area (Å²) in [7, 11) is -6.28. The van der Waals surface area contributed by atoms with Gasteiger partial charge in [-0.3, -0.25) is 8.98 Å². The number of nitrogens with zero attached hydrogens (tertiary/aromatic N) is 3. The van der Waals surface area contributed by atoms with E-state index in [9.17, 15) is 40.7 Å². The second kappa shape index (κ2) is 4.94. The minimum absolute atomic E-state index is 1.01. The molecule has 0 saturated heterocycles. The molecule has 0 aromatic rings. The number of hydrogen-bond acceptors (Lipinski definition) is 6. The Balaban J connectivity index is 2.51. The Morgan fingerprint density at radius 2 is 1.83 bits per heavy atom. The van der Waals surface area contributed by atoms with E-state index in [1.54, 1.807) is 0 Å². The molecule has 0 aromatic carbocycles. The molecule has 0 aliphatic heterocycles. The van der Waals surface area contributed by atoms with E-state index in [4.69, 9.17) is 10.6 Å². The molecule has 0 spiro atoms. The van der Waals surface area contributed by atoms with Crippen molar-refractivity contribution >= 4 is 22.1 Å². The summed E-state index contributed by atoms with van der Waals surface area (Å²) in [6.45, 7) is 0. The fourth-order valence-corrected chi connectivity index (χ4v) is 3.74. The molecule has 2 rings (SSSR count). The van der Waals surface area contributed by atoms with Gasteiger partial charge >= 0.3 is 27.6 Å². The van der Waals surface area contributed by atoms with Gasteiger partial charge in [-0.15, -0.1) is 0 Å². The highest BCUT2D eigenvalue weighted by Crippen LogP contribution is 2.69. The molecule has 2 aliphatic carbocycles. The lowest BCUT2D eigenvalue weighted by Crippen LogP contribution is -2.53. The number of fused-ring (bicyclic) bond motifs is 1. The van der Waals surface area contributed by atoms with Crippen LogP contribution in [0.3, 0.4) is 0 Å². The SMILES string of the molecule is [N-]=[N+]=N[C@@]1(C(=O)O)[C@@H](OS(=O)(=O)C(F)(F)F)C[C@@H]2[C@H]1[C@@]2(F)C(=O)O. The Labute approximate surface area is 129 Å². The Morgan fingerprint density at radius 3 is 2.21 bits per heavy atom. The predicted octanol–water partition coefficient (Wildman–Crippen LogP) is 0.797. The van der Waals surface area contributed by atoms with Crippen LogP contribution < -0.4 is 0 Å². The molecule has 2 aliphatic rings. The van der Waals surface area contributed by atoms with Crippen LogP contribution in [-0.4, -0.2) is 53.4 Å². The van der Waals surface area contributed by atoms with Gasteiger partial charge < -0.3 is 10.2 Å². The highest BCUT2D eigenvalue weighted by Gasteiger charge is 2.86. The third-order valence-corrected chi connectivity index (χ3v) is 5.18. The van der Waals surface area contributed by atoms with Crippen LogP contribution in [0.5, 0.6) is 0 Å². The molecule has 15 heteroatoms. The van der Waals surface area contributed by atoms with Crippen LogP contribution in [-0.2, 0) is 23.9 Å². The number of aliphatic carboxylic acids is 2. The first kappa shape index (κ1) is 18.2. The number of carboxylic acid groups (broad SMARTS) is 2. The summed E-state index contributed by atoms with van der Waals surface area (Å²) in [6.07, 6.45) is -3.41. The summed E-state index contributed by atoms with van der Waals surface area (Å²) < 4.78 is 77.3. The quantitative estimate of drug-likeness (QED) is 0.178. The molecule has 0 unspecified atom stereocenters. The molecule has 2 fully saturated rings. The molecule has 2 N–H and O–H groups in total. The van der Waals surface area contributed by atoms with Gasteiger partial charge in [0.05, 0.1) is 0 Å². The molecule has 24 heavy (non-hydrogen) atoms. The van der Waals surface area contributed by atoms with Crippen molar-refractivity contribution in [3.05, 3.63) is 10.4 Å². The lowest BCUT2D eigenvalue weighted by molar-refractivity contribution is -0.153. The Hall–Kier alpha value is -2.12. The van der Waals surface area contributed by atoms with Gasteiger partial charge in [-0.25, -0.2) is 9.18 Å². The highest BCUT2D eigenvalue weighted by atomic mass is 32.2. The van der Waals surface area contributed by atoms with Crippen LogP contribution >= 0.6 is 0 Å². The third-order valence-electron chi connectivity index (χ3n) is 4.13.